The van der Waals surface area contributed by atoms with Crippen LogP contribution in [0, 0.1) is 0 Å². The first kappa shape index (κ1) is 22.8. The zero-order valence-corrected chi connectivity index (χ0v) is 18.5. The third-order valence-corrected chi connectivity index (χ3v) is 5.11. The molecule has 1 aliphatic rings. The van der Waals surface area contributed by atoms with Crippen LogP contribution in [0.3, 0.4) is 0 Å². The Balaban J connectivity index is 1.85. The minimum atomic E-state index is -0.00685. The van der Waals surface area contributed by atoms with Gasteiger partial charge in [-0.3, -0.25) is 9.69 Å². The van der Waals surface area contributed by atoms with Crippen molar-refractivity contribution in [3.63, 3.8) is 0 Å². The summed E-state index contributed by atoms with van der Waals surface area (Å²) in [7, 11) is 3.49. The van der Waals surface area contributed by atoms with E-state index in [4.69, 9.17) is 23.2 Å². The second kappa shape index (κ2) is 11.5. The number of amides is 1. The van der Waals surface area contributed by atoms with E-state index in [1.165, 1.54) is 0 Å². The quantitative estimate of drug-likeness (QED) is 0.518. The summed E-state index contributed by atoms with van der Waals surface area (Å²) in [5.74, 6) is 0.713. The van der Waals surface area contributed by atoms with Gasteiger partial charge in [0.1, 0.15) is 6.54 Å². The van der Waals surface area contributed by atoms with Crippen molar-refractivity contribution in [2.75, 3.05) is 40.3 Å². The van der Waals surface area contributed by atoms with Gasteiger partial charge in [0.25, 0.3) is 0 Å². The van der Waals surface area contributed by atoms with E-state index in [9.17, 15) is 4.79 Å². The normalized spacial score (nSPS) is 16.1. The Kier molecular flexibility index (Phi) is 9.35. The van der Waals surface area contributed by atoms with Crippen LogP contribution < -0.4 is 10.6 Å². The summed E-state index contributed by atoms with van der Waals surface area (Å²) in [4.78, 5) is 20.2. The van der Waals surface area contributed by atoms with Crippen molar-refractivity contribution in [3.8, 4) is 0 Å². The van der Waals surface area contributed by atoms with E-state index in [-0.39, 0.29) is 12.5 Å². The summed E-state index contributed by atoms with van der Waals surface area (Å²) in [5, 5.41) is 8.14. The van der Waals surface area contributed by atoms with Crippen molar-refractivity contribution < 1.29 is 4.79 Å². The Morgan fingerprint density at radius 3 is 2.43 bits per heavy atom. The number of aliphatic imine (C=N–C) groups is 1. The average molecular weight is 428 g/mol. The van der Waals surface area contributed by atoms with Crippen molar-refractivity contribution in [3.05, 3.63) is 33.8 Å². The lowest BCUT2D eigenvalue weighted by Crippen LogP contribution is -2.49. The lowest BCUT2D eigenvalue weighted by atomic mass is 10.0. The lowest BCUT2D eigenvalue weighted by Gasteiger charge is -2.33. The highest BCUT2D eigenvalue weighted by Gasteiger charge is 2.20. The number of halogens is 2. The predicted molar refractivity (Wildman–Crippen MR) is 117 cm³/mol. The molecule has 0 radical (unpaired) electrons. The molecule has 1 fully saturated rings. The molecule has 1 aliphatic heterocycles. The second-order valence-electron chi connectivity index (χ2n) is 7.35. The molecule has 0 atom stereocenters. The first-order valence-electron chi connectivity index (χ1n) is 9.79. The lowest BCUT2D eigenvalue weighted by molar-refractivity contribution is -0.127. The molecule has 1 aromatic rings. The molecule has 0 spiro atoms. The van der Waals surface area contributed by atoms with E-state index in [0.29, 0.717) is 16.1 Å². The molecule has 1 heterocycles. The highest BCUT2D eigenvalue weighted by molar-refractivity contribution is 6.34. The molecule has 0 aliphatic carbocycles. The van der Waals surface area contributed by atoms with Crippen LogP contribution in [0.4, 0.5) is 0 Å². The minimum absolute atomic E-state index is 0.00685. The van der Waals surface area contributed by atoms with Crippen LogP contribution in [0.2, 0.25) is 10.0 Å². The maximum atomic E-state index is 11.8. The SMILES string of the molecule is CCCNC(=NCC(=O)N(C)C)NC1CCN(Cc2cc(Cl)cc(Cl)c2)CC1. The summed E-state index contributed by atoms with van der Waals surface area (Å²) in [6, 6.07) is 6.04. The van der Waals surface area contributed by atoms with Gasteiger partial charge in [0, 0.05) is 56.4 Å². The number of likely N-dealkylation sites (N-methyl/N-ethyl adjacent to an activating group) is 1. The monoisotopic (exact) mass is 427 g/mol. The number of piperidine rings is 1. The van der Waals surface area contributed by atoms with Crippen molar-refractivity contribution in [2.24, 2.45) is 4.99 Å². The van der Waals surface area contributed by atoms with Gasteiger partial charge in [0.05, 0.1) is 0 Å². The van der Waals surface area contributed by atoms with E-state index in [1.54, 1.807) is 25.1 Å². The second-order valence-corrected chi connectivity index (χ2v) is 8.23. The molecular formula is C20H31Cl2N5O. The minimum Gasteiger partial charge on any atom is -0.356 e. The van der Waals surface area contributed by atoms with Crippen LogP contribution in [0.1, 0.15) is 31.7 Å². The van der Waals surface area contributed by atoms with E-state index in [0.717, 1.165) is 57.0 Å². The number of carbonyl (C=O) groups excluding carboxylic acids is 1. The zero-order chi connectivity index (χ0) is 20.5. The number of rotatable bonds is 7. The van der Waals surface area contributed by atoms with Crippen molar-refractivity contribution in [1.29, 1.82) is 0 Å². The number of guanidine groups is 1. The van der Waals surface area contributed by atoms with Gasteiger partial charge in [-0.2, -0.15) is 0 Å². The number of nitrogens with zero attached hydrogens (tertiary/aromatic N) is 3. The summed E-state index contributed by atoms with van der Waals surface area (Å²) < 4.78 is 0. The van der Waals surface area contributed by atoms with Crippen LogP contribution >= 0.6 is 23.2 Å². The zero-order valence-electron chi connectivity index (χ0n) is 17.0. The van der Waals surface area contributed by atoms with Crippen LogP contribution in [-0.4, -0.2) is 68.0 Å². The molecule has 6 nitrogen and oxygen atoms in total. The standard InChI is InChI=1S/C20H31Cl2N5O/c1-4-7-23-20(24-13-19(28)26(2)3)25-18-5-8-27(9-6-18)14-15-10-16(21)12-17(22)11-15/h10-12,18H,4-9,13-14H2,1-3H3,(H2,23,24,25). The third-order valence-electron chi connectivity index (χ3n) is 4.67. The highest BCUT2D eigenvalue weighted by Crippen LogP contribution is 2.21. The van der Waals surface area contributed by atoms with E-state index < -0.39 is 0 Å². The fourth-order valence-corrected chi connectivity index (χ4v) is 3.64. The van der Waals surface area contributed by atoms with Gasteiger partial charge in [0.15, 0.2) is 5.96 Å². The van der Waals surface area contributed by atoms with E-state index in [1.807, 2.05) is 12.1 Å². The maximum absolute atomic E-state index is 11.8. The molecule has 2 rings (SSSR count). The molecule has 0 unspecified atom stereocenters. The van der Waals surface area contributed by atoms with Gasteiger partial charge in [-0.05, 0) is 43.0 Å². The Bertz CT molecular complexity index is 652. The smallest absolute Gasteiger partial charge is 0.243 e. The van der Waals surface area contributed by atoms with Gasteiger partial charge >= 0.3 is 0 Å². The van der Waals surface area contributed by atoms with Crippen LogP contribution in [0.25, 0.3) is 0 Å². The Morgan fingerprint density at radius 2 is 1.86 bits per heavy atom. The van der Waals surface area contributed by atoms with Gasteiger partial charge in [-0.25, -0.2) is 4.99 Å². The number of likely N-dealkylation sites (tertiary alicyclic amines) is 1. The fourth-order valence-electron chi connectivity index (χ4n) is 3.07. The molecule has 156 valence electrons. The topological polar surface area (TPSA) is 60.0 Å². The molecular weight excluding hydrogens is 397 g/mol. The van der Waals surface area contributed by atoms with E-state index >= 15 is 0 Å². The molecule has 0 aromatic heterocycles. The number of carbonyl (C=O) groups is 1. The number of hydrogen-bond acceptors (Lipinski definition) is 3. The van der Waals surface area contributed by atoms with Gasteiger partial charge < -0.3 is 15.5 Å². The Labute approximate surface area is 178 Å². The Morgan fingerprint density at radius 1 is 1.21 bits per heavy atom. The fraction of sp³-hybridized carbons (Fsp3) is 0.600. The molecule has 1 amide bonds. The first-order chi connectivity index (χ1) is 13.4. The summed E-state index contributed by atoms with van der Waals surface area (Å²) in [6.07, 6.45) is 3.04. The largest absolute Gasteiger partial charge is 0.356 e. The molecule has 2 N–H and O–H groups in total. The van der Waals surface area contributed by atoms with Crippen LogP contribution in [0.15, 0.2) is 23.2 Å². The molecule has 28 heavy (non-hydrogen) atoms. The van der Waals surface area contributed by atoms with Crippen molar-refractivity contribution in [2.45, 2.75) is 38.8 Å². The third kappa shape index (κ3) is 7.86. The number of nitrogens with one attached hydrogen (secondary N) is 2. The average Bonchev–Trinajstić information content (AvgIpc) is 2.64. The van der Waals surface area contributed by atoms with Crippen LogP contribution in [-0.2, 0) is 11.3 Å². The summed E-state index contributed by atoms with van der Waals surface area (Å²) in [6.45, 7) is 5.91. The summed E-state index contributed by atoms with van der Waals surface area (Å²) in [5.41, 5.74) is 1.14. The molecule has 0 bridgehead atoms. The first-order valence-corrected chi connectivity index (χ1v) is 10.5. The predicted octanol–water partition coefficient (Wildman–Crippen LogP) is 2.99. The molecule has 0 saturated carbocycles. The van der Waals surface area contributed by atoms with Gasteiger partial charge in [-0.1, -0.05) is 30.1 Å². The molecule has 1 aromatic carbocycles. The van der Waals surface area contributed by atoms with Crippen molar-refractivity contribution in [1.82, 2.24) is 20.4 Å². The molecule has 8 heteroatoms. The van der Waals surface area contributed by atoms with Crippen molar-refractivity contribution >= 4 is 35.1 Å². The van der Waals surface area contributed by atoms with Gasteiger partial charge in [-0.15, -0.1) is 0 Å². The highest BCUT2D eigenvalue weighted by atomic mass is 35.5. The van der Waals surface area contributed by atoms with E-state index in [2.05, 4.69) is 27.4 Å². The maximum Gasteiger partial charge on any atom is 0.243 e. The molecule has 1 saturated heterocycles. The number of hydrogen-bond donors (Lipinski definition) is 2. The summed E-state index contributed by atoms with van der Waals surface area (Å²) >= 11 is 12.2. The van der Waals surface area contributed by atoms with Crippen LogP contribution in [0.5, 0.6) is 0 Å². The number of benzene rings is 1. The Hall–Kier alpha value is -1.50. The van der Waals surface area contributed by atoms with Gasteiger partial charge in [0.2, 0.25) is 5.91 Å².